The number of ketones is 2. The van der Waals surface area contributed by atoms with Crippen LogP contribution in [0.25, 0.3) is 44.1 Å². The molecule has 1 atom stereocenters. The Hall–Kier alpha value is -11.0. The van der Waals surface area contributed by atoms with Crippen LogP contribution < -0.4 is 27.7 Å². The van der Waals surface area contributed by atoms with E-state index in [1.54, 1.807) is 40.7 Å². The maximum Gasteiger partial charge on any atom is 0.217 e. The molecular weight excluding hydrogens is 1300 g/mol. The number of hydrogen-bond acceptors (Lipinski definition) is 22. The molecule has 0 radical (unpaired) electrons. The molecule has 1 aliphatic heterocycles. The van der Waals surface area contributed by atoms with Gasteiger partial charge in [-0.2, -0.15) is 20.4 Å². The number of hydrogen-bond donors (Lipinski definition) is 4. The lowest BCUT2D eigenvalue weighted by Gasteiger charge is -2.25. The number of nitrogens with zero attached hydrogens (tertiary/aromatic N) is 16. The monoisotopic (exact) mass is 1370 g/mol. The summed E-state index contributed by atoms with van der Waals surface area (Å²) < 4.78 is 19.3. The number of thiocarbonyl (C=S) groups is 1. The summed E-state index contributed by atoms with van der Waals surface area (Å²) in [6.45, 7) is 6.74. The average Bonchev–Trinajstić information content (AvgIpc) is 1.64. The fourth-order valence-electron chi connectivity index (χ4n) is 13.2. The van der Waals surface area contributed by atoms with Crippen molar-refractivity contribution < 1.29 is 19.1 Å². The predicted octanol–water partition coefficient (Wildman–Crippen LogP) is 14.0. The Labute approximate surface area is 585 Å². The fourth-order valence-corrected chi connectivity index (χ4v) is 14.4. The molecule has 13 aromatic rings. The summed E-state index contributed by atoms with van der Waals surface area (Å²) in [7, 11) is 0. The second-order valence-corrected chi connectivity index (χ2v) is 26.9. The second-order valence-electron chi connectivity index (χ2n) is 25.4. The molecular formula is C74H74N20O4S2. The van der Waals surface area contributed by atoms with Gasteiger partial charge in [0, 0.05) is 17.1 Å². The van der Waals surface area contributed by atoms with Gasteiger partial charge in [0.25, 0.3) is 0 Å². The molecule has 1 unspecified atom stereocenters. The first kappa shape index (κ1) is 66.3. The van der Waals surface area contributed by atoms with Crippen molar-refractivity contribution in [2.45, 2.75) is 139 Å². The zero-order chi connectivity index (χ0) is 69.0. The normalized spacial score (nSPS) is 15.4. The Bertz CT molecular complexity index is 5010. The first-order chi connectivity index (χ1) is 48.7. The number of benzene rings is 5. The van der Waals surface area contributed by atoms with Crippen molar-refractivity contribution in [3.05, 3.63) is 203 Å². The first-order valence-corrected chi connectivity index (χ1v) is 34.9. The number of aryl methyl sites for hydroxylation is 3. The molecule has 4 aliphatic rings. The van der Waals surface area contributed by atoms with E-state index in [4.69, 9.17) is 54.8 Å². The summed E-state index contributed by atoms with van der Waals surface area (Å²) in [4.78, 5) is 62.4. The number of nitrogen functional groups attached to an aromatic ring is 4. The minimum Gasteiger partial charge on any atom is -0.457 e. The lowest BCUT2D eigenvalue weighted by Crippen LogP contribution is -2.18. The van der Waals surface area contributed by atoms with E-state index in [-0.39, 0.29) is 35.3 Å². The summed E-state index contributed by atoms with van der Waals surface area (Å²) in [5.74, 6) is 2.07. The lowest BCUT2D eigenvalue weighted by atomic mass is 9.93. The van der Waals surface area contributed by atoms with Gasteiger partial charge in [-0.3, -0.25) is 9.59 Å². The largest absolute Gasteiger partial charge is 0.457 e. The number of fused-ring (bicyclic) bond motifs is 4. The Morgan fingerprint density at radius 1 is 0.460 bits per heavy atom. The van der Waals surface area contributed by atoms with E-state index in [2.05, 4.69) is 100 Å². The van der Waals surface area contributed by atoms with Crippen LogP contribution in [0.2, 0.25) is 0 Å². The highest BCUT2D eigenvalue weighted by Gasteiger charge is 2.32. The van der Waals surface area contributed by atoms with Crippen LogP contribution in [0.5, 0.6) is 11.5 Å². The molecule has 17 rings (SSSR count). The minimum absolute atomic E-state index is 0.137. The van der Waals surface area contributed by atoms with Gasteiger partial charge in [0.2, 0.25) is 11.6 Å². The fraction of sp³-hybridized carbons (Fsp3) is 0.284. The third-order valence-corrected chi connectivity index (χ3v) is 19.9. The highest BCUT2D eigenvalue weighted by atomic mass is 32.2. The van der Waals surface area contributed by atoms with Crippen LogP contribution >= 0.6 is 24.0 Å². The molecule has 26 heteroatoms. The van der Waals surface area contributed by atoms with E-state index in [9.17, 15) is 9.59 Å². The van der Waals surface area contributed by atoms with E-state index in [0.29, 0.717) is 91.4 Å². The Kier molecular flexibility index (Phi) is 19.4. The third-order valence-electron chi connectivity index (χ3n) is 18.5. The molecule has 0 bridgehead atoms. The molecule has 3 saturated carbocycles. The minimum atomic E-state index is -0.315. The number of anilines is 4. The molecule has 5 aromatic carbocycles. The van der Waals surface area contributed by atoms with E-state index in [1.165, 1.54) is 68.5 Å². The molecule has 8 N–H and O–H groups in total. The highest BCUT2D eigenvalue weighted by molar-refractivity contribution is 7.99. The molecule has 3 aliphatic carbocycles. The predicted molar refractivity (Wildman–Crippen MR) is 389 cm³/mol. The topological polar surface area (TPSA) is 331 Å². The molecule has 1 saturated heterocycles. The van der Waals surface area contributed by atoms with Gasteiger partial charge in [-0.15, -0.1) is 0 Å². The van der Waals surface area contributed by atoms with Gasteiger partial charge in [0.05, 0.1) is 50.1 Å². The number of carbonyl (C=O) groups is 2. The van der Waals surface area contributed by atoms with Crippen molar-refractivity contribution >= 4 is 108 Å². The van der Waals surface area contributed by atoms with Gasteiger partial charge in [0.1, 0.15) is 82.2 Å². The van der Waals surface area contributed by atoms with Gasteiger partial charge in [-0.1, -0.05) is 151 Å². The number of nitrogens with two attached hydrogens (primary N) is 4. The van der Waals surface area contributed by atoms with Crippen LogP contribution in [0.15, 0.2) is 163 Å². The second kappa shape index (κ2) is 29.2. The zero-order valence-corrected chi connectivity index (χ0v) is 57.2. The summed E-state index contributed by atoms with van der Waals surface area (Å²) >= 11 is 7.36. The molecule has 0 spiro atoms. The lowest BCUT2D eigenvalue weighted by molar-refractivity contribution is 0.0495. The zero-order valence-electron chi connectivity index (χ0n) is 55.6. The van der Waals surface area contributed by atoms with E-state index < -0.39 is 0 Å². The summed E-state index contributed by atoms with van der Waals surface area (Å²) in [5, 5.41) is 22.3. The summed E-state index contributed by atoms with van der Waals surface area (Å²) in [6.07, 6.45) is 20.0. The van der Waals surface area contributed by atoms with Crippen molar-refractivity contribution in [1.29, 1.82) is 0 Å². The first-order valence-electron chi connectivity index (χ1n) is 33.6. The molecule has 4 fully saturated rings. The quantitative estimate of drug-likeness (QED) is 0.0580. The Morgan fingerprint density at radius 2 is 0.930 bits per heavy atom. The van der Waals surface area contributed by atoms with Gasteiger partial charge in [-0.05, 0) is 127 Å². The maximum atomic E-state index is 13.5. The van der Waals surface area contributed by atoms with E-state index in [1.807, 2.05) is 87.7 Å². The van der Waals surface area contributed by atoms with Crippen molar-refractivity contribution in [2.75, 3.05) is 29.5 Å². The van der Waals surface area contributed by atoms with Gasteiger partial charge >= 0.3 is 0 Å². The van der Waals surface area contributed by atoms with Gasteiger partial charge in [-0.25, -0.2) is 58.6 Å². The van der Waals surface area contributed by atoms with Crippen molar-refractivity contribution in [1.82, 2.24) is 79.0 Å². The smallest absolute Gasteiger partial charge is 0.217 e. The third kappa shape index (κ3) is 13.7. The molecule has 506 valence electrons. The Balaban J connectivity index is 0.000000114. The van der Waals surface area contributed by atoms with Crippen LogP contribution in [0.4, 0.5) is 23.3 Å². The van der Waals surface area contributed by atoms with Crippen LogP contribution in [-0.4, -0.2) is 102 Å². The van der Waals surface area contributed by atoms with Crippen LogP contribution in [0.1, 0.15) is 168 Å². The van der Waals surface area contributed by atoms with Crippen LogP contribution in [0, 0.1) is 20.8 Å². The number of para-hydroxylation sites is 2. The van der Waals surface area contributed by atoms with Crippen LogP contribution in [-0.2, 0) is 4.74 Å². The van der Waals surface area contributed by atoms with Gasteiger partial charge < -0.3 is 32.4 Å². The van der Waals surface area contributed by atoms with Crippen molar-refractivity contribution in [3.63, 3.8) is 0 Å². The molecule has 8 aromatic heterocycles. The van der Waals surface area contributed by atoms with Crippen LogP contribution in [0.3, 0.4) is 0 Å². The van der Waals surface area contributed by atoms with Crippen molar-refractivity contribution in [2.24, 2.45) is 0 Å². The van der Waals surface area contributed by atoms with E-state index in [0.717, 1.165) is 100 Å². The summed E-state index contributed by atoms with van der Waals surface area (Å²) in [5.41, 5.74) is 33.9. The maximum absolute atomic E-state index is 13.5. The molecule has 9 heterocycles. The van der Waals surface area contributed by atoms with E-state index >= 15 is 0 Å². The SMILES string of the molecule is Cc1ccc(Sc2nn(C3CCC3)c3ncnc(N)c23)cc1.Cc1cccc(C(=O)c2nn(C3CCCC3)c3ncnc(N)c23)c1.Cc1cccc(C(=S)c2nn(C3CCCC3)c3ncnc(N)c23)c1.Nc1ncnc2c1c(C(=O)c1ccccc1Oc1ccccc1)nn2C1CCCO1. The molecule has 100 heavy (non-hydrogen) atoms. The number of ether oxygens (including phenoxy) is 2. The molecule has 0 amide bonds. The Morgan fingerprint density at radius 3 is 1.48 bits per heavy atom. The number of carbonyl (C=O) groups excluding carboxylic acids is 2. The standard InChI is InChI=1S/C22H19N5O3.C18H19N5O.C18H19N5S.C16H17N5S/c23-21-18-19(26-27(17-11-6-12-29-17)22(18)25-13-24-21)20(28)15-9-4-5-10-16(15)30-14-7-2-1-3-8-14;2*1-11-5-4-6-12(9-11)16(24)15-14-17(19)20-10-21-18(14)23(22-15)13-7-2-3-8-13;1-10-5-7-12(8-6-10)22-16-13-14(17)18-9-19-15(13)21(20-16)11-3-2-4-11/h1-5,7-10,13,17H,6,11-12H2,(H2,23,24,25);2*4-6,9-10,13H,2-3,7-8H2,1H3,(H2,19,20,21);5-9,11H,2-4H2,1H3,(H2,17,18,19). The van der Waals surface area contributed by atoms with Crippen molar-refractivity contribution in [3.8, 4) is 11.5 Å². The average molecular weight is 1370 g/mol. The summed E-state index contributed by atoms with van der Waals surface area (Å²) in [6, 6.07) is 41.5. The number of rotatable bonds is 14. The number of aromatic nitrogens is 16. The molecule has 24 nitrogen and oxygen atoms in total. The van der Waals surface area contributed by atoms with Gasteiger partial charge in [0.15, 0.2) is 28.8 Å². The highest BCUT2D eigenvalue weighted by Crippen LogP contribution is 2.41.